The zero-order chi connectivity index (χ0) is 24.2. The van der Waals surface area contributed by atoms with Gasteiger partial charge in [0, 0.05) is 50.4 Å². The molecule has 2 aromatic rings. The second kappa shape index (κ2) is 10.9. The summed E-state index contributed by atoms with van der Waals surface area (Å²) in [5.41, 5.74) is 6.20. The molecule has 35 heavy (non-hydrogen) atoms. The first-order valence-corrected chi connectivity index (χ1v) is 13.1. The van der Waals surface area contributed by atoms with Gasteiger partial charge in [0.2, 0.25) is 0 Å². The summed E-state index contributed by atoms with van der Waals surface area (Å²) in [5, 5.41) is 2.02. The first-order chi connectivity index (χ1) is 17.2. The van der Waals surface area contributed by atoms with Crippen molar-refractivity contribution in [1.29, 1.82) is 0 Å². The lowest BCUT2D eigenvalue weighted by Gasteiger charge is -2.52. The Hall–Kier alpha value is -2.67. The van der Waals surface area contributed by atoms with Crippen molar-refractivity contribution in [2.75, 3.05) is 39.8 Å². The second-order valence-electron chi connectivity index (χ2n) is 10.1. The molecule has 1 N–H and O–H groups in total. The largest absolute Gasteiger partial charge is 0.497 e. The molecule has 0 aliphatic carbocycles. The number of carbonyl (C=O) groups is 1. The molecule has 3 heterocycles. The van der Waals surface area contributed by atoms with Gasteiger partial charge in [0.15, 0.2) is 0 Å². The van der Waals surface area contributed by atoms with E-state index in [0.717, 1.165) is 51.3 Å². The summed E-state index contributed by atoms with van der Waals surface area (Å²) in [7, 11) is 1.72. The maximum Gasteiger partial charge on any atom is 0.265 e. The number of benzene rings is 2. The van der Waals surface area contributed by atoms with Gasteiger partial charge in [-0.2, -0.15) is 0 Å². The second-order valence-corrected chi connectivity index (χ2v) is 10.1. The maximum atomic E-state index is 12.8. The van der Waals surface area contributed by atoms with E-state index in [1.54, 1.807) is 7.11 Å². The van der Waals surface area contributed by atoms with E-state index in [0.29, 0.717) is 17.6 Å². The van der Waals surface area contributed by atoms with Crippen LogP contribution in [0.4, 0.5) is 0 Å². The number of ether oxygens (including phenoxy) is 1. The Labute approximate surface area is 209 Å². The summed E-state index contributed by atoms with van der Waals surface area (Å²) in [6.45, 7) is 8.89. The number of nitrogens with zero attached hydrogens (tertiary/aromatic N) is 3. The first-order valence-electron chi connectivity index (χ1n) is 13.1. The lowest BCUT2D eigenvalue weighted by molar-refractivity contribution is -0.0128. The predicted octanol–water partition coefficient (Wildman–Crippen LogP) is 4.25. The van der Waals surface area contributed by atoms with Gasteiger partial charge in [0.05, 0.1) is 13.2 Å². The number of hydrogen-bond acceptors (Lipinski definition) is 5. The molecule has 0 radical (unpaired) electrons. The number of piperazine rings is 1. The fourth-order valence-corrected chi connectivity index (χ4v) is 6.16. The summed E-state index contributed by atoms with van der Waals surface area (Å²) in [4.78, 5) is 18.1. The van der Waals surface area contributed by atoms with Crippen molar-refractivity contribution >= 4 is 5.91 Å². The summed E-state index contributed by atoms with van der Waals surface area (Å²) in [6.07, 6.45) is 8.11. The third-order valence-electron chi connectivity index (χ3n) is 7.87. The van der Waals surface area contributed by atoms with Crippen LogP contribution in [-0.4, -0.2) is 72.6 Å². The summed E-state index contributed by atoms with van der Waals surface area (Å²) in [6, 6.07) is 17.9. The Kier molecular flexibility index (Phi) is 7.51. The number of carbonyl (C=O) groups excluding carboxylic acids is 1. The van der Waals surface area contributed by atoms with Crippen molar-refractivity contribution in [2.45, 2.75) is 50.2 Å². The van der Waals surface area contributed by atoms with Gasteiger partial charge in [0.1, 0.15) is 5.75 Å². The Morgan fingerprint density at radius 2 is 1.77 bits per heavy atom. The van der Waals surface area contributed by atoms with Gasteiger partial charge in [-0.05, 0) is 61.1 Å². The van der Waals surface area contributed by atoms with E-state index in [1.807, 2.05) is 29.3 Å². The molecular formula is C29H38N4O2. The van der Waals surface area contributed by atoms with E-state index in [4.69, 9.17) is 4.74 Å². The minimum Gasteiger partial charge on any atom is -0.497 e. The minimum atomic E-state index is -0.0241. The van der Waals surface area contributed by atoms with Gasteiger partial charge in [-0.15, -0.1) is 6.58 Å². The Bertz CT molecular complexity index is 1000. The minimum absolute atomic E-state index is 0.0241. The van der Waals surface area contributed by atoms with Crippen LogP contribution in [0.2, 0.25) is 0 Å². The third-order valence-corrected chi connectivity index (χ3v) is 7.87. The van der Waals surface area contributed by atoms with E-state index in [1.165, 1.54) is 30.4 Å². The zero-order valence-electron chi connectivity index (χ0n) is 20.9. The van der Waals surface area contributed by atoms with Crippen molar-refractivity contribution in [2.24, 2.45) is 0 Å². The van der Waals surface area contributed by atoms with Gasteiger partial charge >= 0.3 is 0 Å². The number of hydrogen-bond donors (Lipinski definition) is 1. The molecular weight excluding hydrogens is 436 g/mol. The number of fused-ring (bicyclic) bond motifs is 2. The van der Waals surface area contributed by atoms with Gasteiger partial charge in [-0.1, -0.05) is 36.8 Å². The SMILES string of the molecule is C=CCN1C2CCCC1CN(C(c1ccc(C(=O)NN3CCCC3)cc1)c1cccc(OC)c1)C2. The third kappa shape index (κ3) is 5.30. The van der Waals surface area contributed by atoms with E-state index < -0.39 is 0 Å². The molecule has 3 aliphatic rings. The molecule has 3 fully saturated rings. The summed E-state index contributed by atoms with van der Waals surface area (Å²) in [5.74, 6) is 0.851. The van der Waals surface area contributed by atoms with Crippen LogP contribution in [0.25, 0.3) is 0 Å². The fourth-order valence-electron chi connectivity index (χ4n) is 6.16. The number of nitrogens with one attached hydrogen (secondary N) is 1. The van der Waals surface area contributed by atoms with E-state index in [9.17, 15) is 4.79 Å². The zero-order valence-corrected chi connectivity index (χ0v) is 20.9. The lowest BCUT2D eigenvalue weighted by atomic mass is 9.87. The number of rotatable bonds is 8. The van der Waals surface area contributed by atoms with Gasteiger partial charge in [-0.3, -0.25) is 20.0 Å². The number of amides is 1. The smallest absolute Gasteiger partial charge is 0.265 e. The molecule has 0 saturated carbocycles. The fraction of sp³-hybridized carbons (Fsp3) is 0.483. The molecule has 186 valence electrons. The van der Waals surface area contributed by atoms with Gasteiger partial charge in [-0.25, -0.2) is 5.01 Å². The molecule has 2 aromatic carbocycles. The number of hydrazine groups is 1. The standard InChI is InChI=1S/C29H38N4O2/c1-3-16-33-25-9-7-10-26(33)21-31(20-25)28(24-8-6-11-27(19-24)35-2)22-12-14-23(15-13-22)29(34)30-32-17-4-5-18-32/h3,6,8,11-15,19,25-26,28H,1,4-5,7,9-10,16-18,20-21H2,2H3,(H,30,34). The summed E-state index contributed by atoms with van der Waals surface area (Å²) < 4.78 is 5.57. The molecule has 3 aliphatic heterocycles. The highest BCUT2D eigenvalue weighted by atomic mass is 16.5. The normalized spacial score (nSPS) is 24.1. The first kappa shape index (κ1) is 24.0. The van der Waals surface area contributed by atoms with Crippen LogP contribution in [0.3, 0.4) is 0 Å². The topological polar surface area (TPSA) is 48.0 Å². The molecule has 5 rings (SSSR count). The molecule has 6 nitrogen and oxygen atoms in total. The van der Waals surface area contributed by atoms with Crippen molar-refractivity contribution in [3.8, 4) is 5.75 Å². The molecule has 3 atom stereocenters. The van der Waals surface area contributed by atoms with Crippen LogP contribution in [0.1, 0.15) is 59.6 Å². The monoisotopic (exact) mass is 474 g/mol. The Morgan fingerprint density at radius 3 is 2.43 bits per heavy atom. The molecule has 1 amide bonds. The summed E-state index contributed by atoms with van der Waals surface area (Å²) >= 11 is 0. The Balaban J connectivity index is 1.42. The average Bonchev–Trinajstić information content (AvgIpc) is 3.38. The van der Waals surface area contributed by atoms with Gasteiger partial charge in [0.25, 0.3) is 5.91 Å². The van der Waals surface area contributed by atoms with Crippen LogP contribution >= 0.6 is 0 Å². The highest BCUT2D eigenvalue weighted by Crippen LogP contribution is 2.37. The van der Waals surface area contributed by atoms with Gasteiger partial charge < -0.3 is 4.74 Å². The van der Waals surface area contributed by atoms with Crippen molar-refractivity contribution < 1.29 is 9.53 Å². The van der Waals surface area contributed by atoms with Crippen LogP contribution in [0, 0.1) is 0 Å². The Morgan fingerprint density at radius 1 is 1.06 bits per heavy atom. The van der Waals surface area contributed by atoms with E-state index in [-0.39, 0.29) is 11.9 Å². The molecule has 6 heteroatoms. The van der Waals surface area contributed by atoms with E-state index >= 15 is 0 Å². The van der Waals surface area contributed by atoms with Crippen LogP contribution in [0.15, 0.2) is 61.2 Å². The molecule has 0 aromatic heterocycles. The average molecular weight is 475 g/mol. The van der Waals surface area contributed by atoms with Crippen molar-refractivity contribution in [3.05, 3.63) is 77.9 Å². The quantitative estimate of drug-likeness (QED) is 0.580. The lowest BCUT2D eigenvalue weighted by Crippen LogP contribution is -2.61. The van der Waals surface area contributed by atoms with Crippen molar-refractivity contribution in [3.63, 3.8) is 0 Å². The van der Waals surface area contributed by atoms with Crippen LogP contribution in [-0.2, 0) is 0 Å². The highest BCUT2D eigenvalue weighted by Gasteiger charge is 2.39. The predicted molar refractivity (Wildman–Crippen MR) is 139 cm³/mol. The molecule has 3 unspecified atom stereocenters. The molecule has 2 bridgehead atoms. The highest BCUT2D eigenvalue weighted by molar-refractivity contribution is 5.93. The number of likely N-dealkylation sites (tertiary alicyclic amines) is 1. The number of methoxy groups -OCH3 is 1. The molecule has 0 spiro atoms. The van der Waals surface area contributed by atoms with E-state index in [2.05, 4.69) is 52.1 Å². The molecule has 3 saturated heterocycles. The number of piperidine rings is 1. The van der Waals surface area contributed by atoms with Crippen LogP contribution < -0.4 is 10.2 Å². The van der Waals surface area contributed by atoms with Crippen LogP contribution in [0.5, 0.6) is 5.75 Å². The van der Waals surface area contributed by atoms with Crippen molar-refractivity contribution in [1.82, 2.24) is 20.2 Å². The maximum absolute atomic E-state index is 12.8.